The van der Waals surface area contributed by atoms with E-state index in [-0.39, 0.29) is 36.6 Å². The van der Waals surface area contributed by atoms with Crippen LogP contribution < -0.4 is 0 Å². The van der Waals surface area contributed by atoms with Crippen LogP contribution in [0, 0.1) is 11.8 Å². The number of carbonyl (C=O) groups excluding carboxylic acids is 1. The number of hydrogen-bond acceptors (Lipinski definition) is 4. The summed E-state index contributed by atoms with van der Waals surface area (Å²) in [5.74, 6) is -1.45. The van der Waals surface area contributed by atoms with Gasteiger partial charge in [-0.2, -0.15) is 0 Å². The van der Waals surface area contributed by atoms with Crippen molar-refractivity contribution in [3.8, 4) is 0 Å². The lowest BCUT2D eigenvalue weighted by Crippen LogP contribution is -2.53. The van der Waals surface area contributed by atoms with Crippen LogP contribution in [0.15, 0.2) is 0 Å². The monoisotopic (exact) mass is 230 g/mol. The summed E-state index contributed by atoms with van der Waals surface area (Å²) < 4.78 is 5.60. The molecule has 0 amide bonds. The SMILES string of the molecule is CC(=O)C[C@@]1(O)C[C@H](O)[C@H](C)[C@@H](C(C)C)O1. The predicted octanol–water partition coefficient (Wildman–Crippen LogP) is 1.10. The molecule has 0 spiro atoms. The highest BCUT2D eigenvalue weighted by atomic mass is 16.6. The molecule has 0 radical (unpaired) electrons. The number of hydrogen-bond donors (Lipinski definition) is 2. The van der Waals surface area contributed by atoms with Crippen molar-refractivity contribution in [1.29, 1.82) is 0 Å². The van der Waals surface area contributed by atoms with Gasteiger partial charge in [0.1, 0.15) is 5.78 Å². The molecule has 94 valence electrons. The third-order valence-corrected chi connectivity index (χ3v) is 3.19. The van der Waals surface area contributed by atoms with Crippen molar-refractivity contribution in [1.82, 2.24) is 0 Å². The predicted molar refractivity (Wildman–Crippen MR) is 59.7 cm³/mol. The van der Waals surface area contributed by atoms with Gasteiger partial charge in [0.05, 0.1) is 18.6 Å². The van der Waals surface area contributed by atoms with E-state index in [2.05, 4.69) is 0 Å². The summed E-state index contributed by atoms with van der Waals surface area (Å²) in [5.41, 5.74) is 0. The number of aliphatic hydroxyl groups excluding tert-OH is 1. The first-order valence-electron chi connectivity index (χ1n) is 5.83. The molecule has 0 aromatic carbocycles. The molecule has 0 unspecified atom stereocenters. The first-order valence-corrected chi connectivity index (χ1v) is 5.83. The molecule has 1 rings (SSSR count). The van der Waals surface area contributed by atoms with Crippen molar-refractivity contribution in [3.05, 3.63) is 0 Å². The van der Waals surface area contributed by atoms with E-state index in [4.69, 9.17) is 4.74 Å². The van der Waals surface area contributed by atoms with Crippen LogP contribution in [0.4, 0.5) is 0 Å². The Morgan fingerprint density at radius 1 is 1.56 bits per heavy atom. The maximum Gasteiger partial charge on any atom is 0.175 e. The largest absolute Gasteiger partial charge is 0.393 e. The quantitative estimate of drug-likeness (QED) is 0.761. The number of Topliss-reactive ketones (excluding diaryl/α,β-unsaturated/α-hetero) is 1. The van der Waals surface area contributed by atoms with Gasteiger partial charge in [-0.1, -0.05) is 20.8 Å². The van der Waals surface area contributed by atoms with Gasteiger partial charge in [-0.15, -0.1) is 0 Å². The third-order valence-electron chi connectivity index (χ3n) is 3.19. The van der Waals surface area contributed by atoms with E-state index >= 15 is 0 Å². The Morgan fingerprint density at radius 2 is 2.12 bits per heavy atom. The average molecular weight is 230 g/mol. The second-order valence-corrected chi connectivity index (χ2v) is 5.28. The summed E-state index contributed by atoms with van der Waals surface area (Å²) in [4.78, 5) is 11.1. The number of ether oxygens (including phenoxy) is 1. The van der Waals surface area contributed by atoms with E-state index in [0.29, 0.717) is 0 Å². The van der Waals surface area contributed by atoms with E-state index in [9.17, 15) is 15.0 Å². The molecule has 0 aromatic rings. The highest BCUT2D eigenvalue weighted by Crippen LogP contribution is 2.36. The molecule has 1 saturated heterocycles. The Morgan fingerprint density at radius 3 is 2.56 bits per heavy atom. The van der Waals surface area contributed by atoms with Crippen LogP contribution in [0.5, 0.6) is 0 Å². The average Bonchev–Trinajstić information content (AvgIpc) is 2.09. The molecule has 2 N–H and O–H groups in total. The Kier molecular flexibility index (Phi) is 4.10. The molecule has 1 heterocycles. The molecule has 0 aliphatic carbocycles. The minimum atomic E-state index is -1.49. The van der Waals surface area contributed by atoms with Crippen LogP contribution in [0.25, 0.3) is 0 Å². The molecule has 1 aliphatic rings. The van der Waals surface area contributed by atoms with Gasteiger partial charge in [-0.05, 0) is 12.8 Å². The second-order valence-electron chi connectivity index (χ2n) is 5.28. The van der Waals surface area contributed by atoms with Crippen LogP contribution in [-0.4, -0.2) is 34.0 Å². The zero-order valence-corrected chi connectivity index (χ0v) is 10.4. The Bertz CT molecular complexity index is 264. The topological polar surface area (TPSA) is 66.8 Å². The highest BCUT2D eigenvalue weighted by molar-refractivity contribution is 5.76. The summed E-state index contributed by atoms with van der Waals surface area (Å²) in [6.45, 7) is 7.28. The summed E-state index contributed by atoms with van der Waals surface area (Å²) in [6.07, 6.45) is -0.782. The number of aliphatic hydroxyl groups is 2. The van der Waals surface area contributed by atoms with Gasteiger partial charge in [0.15, 0.2) is 5.79 Å². The smallest absolute Gasteiger partial charge is 0.175 e. The fourth-order valence-corrected chi connectivity index (χ4v) is 2.39. The van der Waals surface area contributed by atoms with Gasteiger partial charge >= 0.3 is 0 Å². The van der Waals surface area contributed by atoms with Crippen LogP contribution in [0.1, 0.15) is 40.5 Å². The van der Waals surface area contributed by atoms with E-state index in [1.807, 2.05) is 20.8 Å². The molecule has 0 aromatic heterocycles. The molecular weight excluding hydrogens is 208 g/mol. The standard InChI is InChI=1S/C12H22O4/c1-7(2)11-9(4)10(14)6-12(15,16-11)5-8(3)13/h7,9-11,14-15H,5-6H2,1-4H3/t9-,10-,11+,12-/m0/s1. The maximum absolute atomic E-state index is 11.1. The fraction of sp³-hybridized carbons (Fsp3) is 0.917. The highest BCUT2D eigenvalue weighted by Gasteiger charge is 2.45. The summed E-state index contributed by atoms with van der Waals surface area (Å²) in [6, 6.07) is 0. The fourth-order valence-electron chi connectivity index (χ4n) is 2.39. The van der Waals surface area contributed by atoms with Crippen LogP contribution in [0.2, 0.25) is 0 Å². The Balaban J connectivity index is 2.80. The van der Waals surface area contributed by atoms with Gasteiger partial charge in [0.2, 0.25) is 0 Å². The minimum Gasteiger partial charge on any atom is -0.393 e. The zero-order valence-electron chi connectivity index (χ0n) is 10.4. The lowest BCUT2D eigenvalue weighted by molar-refractivity contribution is -0.294. The van der Waals surface area contributed by atoms with Crippen molar-refractivity contribution >= 4 is 5.78 Å². The molecule has 1 fully saturated rings. The van der Waals surface area contributed by atoms with Gasteiger partial charge in [0.25, 0.3) is 0 Å². The van der Waals surface area contributed by atoms with Crippen molar-refractivity contribution in [2.75, 3.05) is 0 Å². The molecule has 0 bridgehead atoms. The van der Waals surface area contributed by atoms with Crippen LogP contribution in [0.3, 0.4) is 0 Å². The molecule has 4 heteroatoms. The Labute approximate surface area is 96.6 Å². The van der Waals surface area contributed by atoms with Gasteiger partial charge in [0, 0.05) is 12.3 Å². The maximum atomic E-state index is 11.1. The molecule has 0 saturated carbocycles. The second kappa shape index (κ2) is 4.82. The molecule has 16 heavy (non-hydrogen) atoms. The van der Waals surface area contributed by atoms with Crippen LogP contribution in [-0.2, 0) is 9.53 Å². The van der Waals surface area contributed by atoms with E-state index in [1.54, 1.807) is 0 Å². The summed E-state index contributed by atoms with van der Waals surface area (Å²) >= 11 is 0. The Hall–Kier alpha value is -0.450. The number of rotatable bonds is 3. The first kappa shape index (κ1) is 13.6. The van der Waals surface area contributed by atoms with Crippen molar-refractivity contribution < 1.29 is 19.7 Å². The lowest BCUT2D eigenvalue weighted by atomic mass is 9.82. The summed E-state index contributed by atoms with van der Waals surface area (Å²) in [7, 11) is 0. The molecule has 4 atom stereocenters. The normalized spacial score (nSPS) is 40.1. The van der Waals surface area contributed by atoms with Crippen molar-refractivity contribution in [2.45, 2.75) is 58.5 Å². The van der Waals surface area contributed by atoms with E-state index in [0.717, 1.165) is 0 Å². The van der Waals surface area contributed by atoms with Crippen molar-refractivity contribution in [2.24, 2.45) is 11.8 Å². The summed E-state index contributed by atoms with van der Waals surface area (Å²) in [5, 5.41) is 20.0. The van der Waals surface area contributed by atoms with E-state index in [1.165, 1.54) is 6.92 Å². The molecular formula is C12H22O4. The van der Waals surface area contributed by atoms with Gasteiger partial charge in [-0.25, -0.2) is 0 Å². The van der Waals surface area contributed by atoms with E-state index < -0.39 is 11.9 Å². The van der Waals surface area contributed by atoms with Gasteiger partial charge < -0.3 is 14.9 Å². The number of ketones is 1. The first-order chi connectivity index (χ1) is 7.25. The number of carbonyl (C=O) groups is 1. The lowest BCUT2D eigenvalue weighted by Gasteiger charge is -2.44. The van der Waals surface area contributed by atoms with Crippen LogP contribution >= 0.6 is 0 Å². The molecule has 4 nitrogen and oxygen atoms in total. The third kappa shape index (κ3) is 3.03. The van der Waals surface area contributed by atoms with Gasteiger partial charge in [-0.3, -0.25) is 4.79 Å². The van der Waals surface area contributed by atoms with Crippen molar-refractivity contribution in [3.63, 3.8) is 0 Å². The zero-order chi connectivity index (χ0) is 12.5. The molecule has 1 aliphatic heterocycles. The minimum absolute atomic E-state index is 0.0211.